The first-order chi connectivity index (χ1) is 11.0. The first-order valence-electron chi connectivity index (χ1n) is 7.60. The molecule has 2 rings (SSSR count). The van der Waals surface area contributed by atoms with Crippen LogP contribution in [0, 0.1) is 11.7 Å². The Bertz CT molecular complexity index is 657. The molecule has 0 spiro atoms. The summed E-state index contributed by atoms with van der Waals surface area (Å²) in [6.07, 6.45) is 4.18. The molecule has 0 fully saturated rings. The molecule has 0 aliphatic heterocycles. The maximum atomic E-state index is 13.2. The zero-order valence-electron chi connectivity index (χ0n) is 13.4. The Morgan fingerprint density at radius 2 is 2.26 bits per heavy atom. The van der Waals surface area contributed by atoms with Crippen LogP contribution < -0.4 is 5.32 Å². The molecule has 124 valence electrons. The second-order valence-electron chi connectivity index (χ2n) is 5.88. The van der Waals surface area contributed by atoms with Gasteiger partial charge < -0.3 is 15.0 Å². The van der Waals surface area contributed by atoms with E-state index in [1.54, 1.807) is 23.2 Å². The average molecular weight is 319 g/mol. The molecule has 2 N–H and O–H groups in total. The number of aromatic nitrogens is 2. The van der Waals surface area contributed by atoms with E-state index in [4.69, 9.17) is 0 Å². The highest BCUT2D eigenvalue weighted by atomic mass is 19.1. The number of aliphatic hydroxyl groups excluding tert-OH is 1. The highest BCUT2D eigenvalue weighted by Gasteiger charge is 2.18. The van der Waals surface area contributed by atoms with E-state index >= 15 is 0 Å². The number of halogens is 1. The SMILES string of the molecule is CC(CC(=O)NC(CO)c1cncn1C)Cc1cccc(F)c1. The van der Waals surface area contributed by atoms with Gasteiger partial charge in [-0.05, 0) is 30.0 Å². The number of hydrogen-bond donors (Lipinski definition) is 2. The van der Waals surface area contributed by atoms with Crippen LogP contribution in [0.4, 0.5) is 4.39 Å². The molecule has 0 saturated carbocycles. The summed E-state index contributed by atoms with van der Waals surface area (Å²) in [6, 6.07) is 5.93. The number of aliphatic hydroxyl groups is 1. The van der Waals surface area contributed by atoms with Crippen LogP contribution in [0.25, 0.3) is 0 Å². The molecular formula is C17H22FN3O2. The molecule has 0 radical (unpaired) electrons. The van der Waals surface area contributed by atoms with Crippen LogP contribution in [0.3, 0.4) is 0 Å². The molecule has 0 aliphatic carbocycles. The number of amides is 1. The van der Waals surface area contributed by atoms with Crippen LogP contribution in [0.5, 0.6) is 0 Å². The topological polar surface area (TPSA) is 67.2 Å². The number of nitrogens with one attached hydrogen (secondary N) is 1. The van der Waals surface area contributed by atoms with Crippen molar-refractivity contribution in [2.24, 2.45) is 13.0 Å². The van der Waals surface area contributed by atoms with Crippen molar-refractivity contribution in [2.45, 2.75) is 25.8 Å². The van der Waals surface area contributed by atoms with E-state index in [2.05, 4.69) is 10.3 Å². The molecule has 6 heteroatoms. The molecule has 23 heavy (non-hydrogen) atoms. The van der Waals surface area contributed by atoms with E-state index in [0.717, 1.165) is 11.3 Å². The highest BCUT2D eigenvalue weighted by Crippen LogP contribution is 2.15. The molecule has 2 atom stereocenters. The van der Waals surface area contributed by atoms with Crippen LogP contribution in [-0.4, -0.2) is 27.2 Å². The van der Waals surface area contributed by atoms with Gasteiger partial charge in [-0.25, -0.2) is 9.37 Å². The van der Waals surface area contributed by atoms with Crippen molar-refractivity contribution in [3.63, 3.8) is 0 Å². The number of aryl methyl sites for hydroxylation is 1. The molecule has 5 nitrogen and oxygen atoms in total. The van der Waals surface area contributed by atoms with Gasteiger partial charge in [0.25, 0.3) is 0 Å². The monoisotopic (exact) mass is 319 g/mol. The molecule has 1 heterocycles. The number of benzene rings is 1. The smallest absolute Gasteiger partial charge is 0.220 e. The van der Waals surface area contributed by atoms with Gasteiger partial charge in [0.15, 0.2) is 0 Å². The molecule has 1 aromatic heterocycles. The van der Waals surface area contributed by atoms with Crippen molar-refractivity contribution >= 4 is 5.91 Å². The summed E-state index contributed by atoms with van der Waals surface area (Å²) in [6.45, 7) is 1.76. The van der Waals surface area contributed by atoms with E-state index in [9.17, 15) is 14.3 Å². The summed E-state index contributed by atoms with van der Waals surface area (Å²) >= 11 is 0. The van der Waals surface area contributed by atoms with Crippen LogP contribution in [0.15, 0.2) is 36.8 Å². The maximum Gasteiger partial charge on any atom is 0.220 e. The van der Waals surface area contributed by atoms with Crippen LogP contribution in [-0.2, 0) is 18.3 Å². The number of imidazole rings is 1. The van der Waals surface area contributed by atoms with Gasteiger partial charge in [-0.15, -0.1) is 0 Å². The summed E-state index contributed by atoms with van der Waals surface area (Å²) < 4.78 is 14.9. The second-order valence-corrected chi connectivity index (χ2v) is 5.88. The largest absolute Gasteiger partial charge is 0.394 e. The Morgan fingerprint density at radius 3 is 2.87 bits per heavy atom. The summed E-state index contributed by atoms with van der Waals surface area (Å²) in [5, 5.41) is 12.3. The first kappa shape index (κ1) is 17.1. The van der Waals surface area contributed by atoms with Gasteiger partial charge in [-0.2, -0.15) is 0 Å². The summed E-state index contributed by atoms with van der Waals surface area (Å²) in [5.74, 6) is -0.340. The zero-order chi connectivity index (χ0) is 16.8. The fourth-order valence-corrected chi connectivity index (χ4v) is 2.62. The molecule has 2 unspecified atom stereocenters. The van der Waals surface area contributed by atoms with Gasteiger partial charge in [0.2, 0.25) is 5.91 Å². The van der Waals surface area contributed by atoms with E-state index < -0.39 is 6.04 Å². The molecule has 0 bridgehead atoms. The summed E-state index contributed by atoms with van der Waals surface area (Å²) in [5.41, 5.74) is 1.62. The van der Waals surface area contributed by atoms with Crippen LogP contribution >= 0.6 is 0 Å². The summed E-state index contributed by atoms with van der Waals surface area (Å²) in [7, 11) is 1.81. The number of nitrogens with zero attached hydrogens (tertiary/aromatic N) is 2. The molecule has 0 saturated heterocycles. The lowest BCUT2D eigenvalue weighted by Crippen LogP contribution is -2.33. The Labute approximate surface area is 135 Å². The van der Waals surface area contributed by atoms with Crippen LogP contribution in [0.1, 0.15) is 30.6 Å². The van der Waals surface area contributed by atoms with E-state index in [1.165, 1.54) is 12.1 Å². The second kappa shape index (κ2) is 7.87. The Morgan fingerprint density at radius 1 is 1.48 bits per heavy atom. The number of rotatable bonds is 7. The van der Waals surface area contributed by atoms with E-state index in [0.29, 0.717) is 12.8 Å². The van der Waals surface area contributed by atoms with Crippen molar-refractivity contribution in [3.05, 3.63) is 53.9 Å². The van der Waals surface area contributed by atoms with E-state index in [-0.39, 0.29) is 24.2 Å². The lowest BCUT2D eigenvalue weighted by molar-refractivity contribution is -0.123. The standard InChI is InChI=1S/C17H22FN3O2/c1-12(6-13-4-3-5-14(18)8-13)7-17(23)20-15(10-22)16-9-19-11-21(16)2/h3-5,8-9,11-12,15,22H,6-7,10H2,1-2H3,(H,20,23). The molecular weight excluding hydrogens is 297 g/mol. The van der Waals surface area contributed by atoms with E-state index in [1.807, 2.05) is 20.0 Å². The van der Waals surface area contributed by atoms with Gasteiger partial charge in [0, 0.05) is 13.5 Å². The first-order valence-corrected chi connectivity index (χ1v) is 7.60. The predicted octanol–water partition coefficient (Wildman–Crippen LogP) is 1.98. The van der Waals surface area contributed by atoms with Crippen molar-refractivity contribution in [3.8, 4) is 0 Å². The fourth-order valence-electron chi connectivity index (χ4n) is 2.62. The molecule has 0 aliphatic rings. The minimum absolute atomic E-state index is 0.0719. The predicted molar refractivity (Wildman–Crippen MR) is 85.1 cm³/mol. The Hall–Kier alpha value is -2.21. The average Bonchev–Trinajstić information content (AvgIpc) is 2.90. The fraction of sp³-hybridized carbons (Fsp3) is 0.412. The quantitative estimate of drug-likeness (QED) is 0.820. The minimum atomic E-state index is -0.476. The van der Waals surface area contributed by atoms with Crippen molar-refractivity contribution in [2.75, 3.05) is 6.61 Å². The number of carbonyl (C=O) groups is 1. The van der Waals surface area contributed by atoms with Crippen molar-refractivity contribution in [1.29, 1.82) is 0 Å². The normalized spacial score (nSPS) is 13.6. The third kappa shape index (κ3) is 4.89. The Kier molecular flexibility index (Phi) is 5.87. The highest BCUT2D eigenvalue weighted by molar-refractivity contribution is 5.76. The molecule has 2 aromatic rings. The van der Waals surface area contributed by atoms with Gasteiger partial charge in [-0.3, -0.25) is 4.79 Å². The zero-order valence-corrected chi connectivity index (χ0v) is 13.4. The Balaban J connectivity index is 1.89. The van der Waals surface area contributed by atoms with Crippen molar-refractivity contribution < 1.29 is 14.3 Å². The molecule has 1 amide bonds. The third-order valence-electron chi connectivity index (χ3n) is 3.74. The molecule has 1 aromatic carbocycles. The lowest BCUT2D eigenvalue weighted by atomic mass is 9.97. The van der Waals surface area contributed by atoms with Gasteiger partial charge in [0.05, 0.1) is 30.9 Å². The van der Waals surface area contributed by atoms with Crippen LogP contribution in [0.2, 0.25) is 0 Å². The minimum Gasteiger partial charge on any atom is -0.394 e. The van der Waals surface area contributed by atoms with Crippen molar-refractivity contribution in [1.82, 2.24) is 14.9 Å². The van der Waals surface area contributed by atoms with Gasteiger partial charge in [0.1, 0.15) is 5.82 Å². The number of carbonyl (C=O) groups excluding carboxylic acids is 1. The maximum absolute atomic E-state index is 13.2. The third-order valence-corrected chi connectivity index (χ3v) is 3.74. The van der Waals surface area contributed by atoms with Gasteiger partial charge >= 0.3 is 0 Å². The number of hydrogen-bond acceptors (Lipinski definition) is 3. The van der Waals surface area contributed by atoms with Gasteiger partial charge in [-0.1, -0.05) is 19.1 Å². The summed E-state index contributed by atoms with van der Waals surface area (Å²) in [4.78, 5) is 16.1. The lowest BCUT2D eigenvalue weighted by Gasteiger charge is -2.18.